The SMILES string of the molecule is CNCc1cc(F)cnc1N(CCC(C)C)C1CC1. The van der Waals surface area contributed by atoms with Gasteiger partial charge in [-0.15, -0.1) is 0 Å². The van der Waals surface area contributed by atoms with E-state index in [1.807, 2.05) is 7.05 Å². The molecule has 0 saturated heterocycles. The molecular weight excluding hydrogens is 241 g/mol. The topological polar surface area (TPSA) is 28.2 Å². The van der Waals surface area contributed by atoms with Gasteiger partial charge in [0.2, 0.25) is 0 Å². The molecule has 0 amide bonds. The normalized spacial score (nSPS) is 15.0. The van der Waals surface area contributed by atoms with Gasteiger partial charge in [0.25, 0.3) is 0 Å². The highest BCUT2D eigenvalue weighted by Gasteiger charge is 2.31. The van der Waals surface area contributed by atoms with Crippen LogP contribution in [0.5, 0.6) is 0 Å². The molecule has 1 aliphatic carbocycles. The van der Waals surface area contributed by atoms with E-state index in [1.54, 1.807) is 6.07 Å². The van der Waals surface area contributed by atoms with Gasteiger partial charge in [-0.2, -0.15) is 0 Å². The summed E-state index contributed by atoms with van der Waals surface area (Å²) in [5.41, 5.74) is 0.957. The number of hydrogen-bond donors (Lipinski definition) is 1. The first-order valence-corrected chi connectivity index (χ1v) is 7.17. The van der Waals surface area contributed by atoms with Crippen molar-refractivity contribution in [2.24, 2.45) is 5.92 Å². The minimum Gasteiger partial charge on any atom is -0.353 e. The summed E-state index contributed by atoms with van der Waals surface area (Å²) in [7, 11) is 1.88. The van der Waals surface area contributed by atoms with E-state index in [1.165, 1.54) is 19.0 Å². The highest BCUT2D eigenvalue weighted by molar-refractivity contribution is 5.49. The molecule has 1 aromatic rings. The van der Waals surface area contributed by atoms with Crippen LogP contribution in [0.2, 0.25) is 0 Å². The van der Waals surface area contributed by atoms with E-state index in [9.17, 15) is 4.39 Å². The summed E-state index contributed by atoms with van der Waals surface area (Å²) in [6.45, 7) is 6.14. The fraction of sp³-hybridized carbons (Fsp3) is 0.667. The summed E-state index contributed by atoms with van der Waals surface area (Å²) in [5, 5.41) is 3.10. The van der Waals surface area contributed by atoms with Crippen LogP contribution in [0.25, 0.3) is 0 Å². The van der Waals surface area contributed by atoms with Gasteiger partial charge < -0.3 is 10.2 Å². The second kappa shape index (κ2) is 6.33. The highest BCUT2D eigenvalue weighted by atomic mass is 19.1. The molecule has 1 N–H and O–H groups in total. The lowest BCUT2D eigenvalue weighted by molar-refractivity contribution is 0.564. The summed E-state index contributed by atoms with van der Waals surface area (Å²) in [6, 6.07) is 2.20. The number of aromatic nitrogens is 1. The van der Waals surface area contributed by atoms with Crippen LogP contribution in [-0.4, -0.2) is 24.6 Å². The monoisotopic (exact) mass is 265 g/mol. The van der Waals surface area contributed by atoms with Crippen molar-refractivity contribution < 1.29 is 4.39 Å². The predicted molar refractivity (Wildman–Crippen MR) is 76.8 cm³/mol. The number of nitrogens with zero attached hydrogens (tertiary/aromatic N) is 2. The zero-order chi connectivity index (χ0) is 13.8. The van der Waals surface area contributed by atoms with Crippen LogP contribution in [0.1, 0.15) is 38.7 Å². The molecule has 0 aromatic carbocycles. The van der Waals surface area contributed by atoms with E-state index in [4.69, 9.17) is 0 Å². The summed E-state index contributed by atoms with van der Waals surface area (Å²) >= 11 is 0. The summed E-state index contributed by atoms with van der Waals surface area (Å²) in [4.78, 5) is 6.71. The quantitative estimate of drug-likeness (QED) is 0.821. The van der Waals surface area contributed by atoms with Crippen molar-refractivity contribution in [3.63, 3.8) is 0 Å². The number of hydrogen-bond acceptors (Lipinski definition) is 3. The molecule has 1 fully saturated rings. The lowest BCUT2D eigenvalue weighted by Gasteiger charge is -2.26. The lowest BCUT2D eigenvalue weighted by atomic mass is 10.1. The van der Waals surface area contributed by atoms with Gasteiger partial charge in [-0.25, -0.2) is 9.37 Å². The fourth-order valence-corrected chi connectivity index (χ4v) is 2.30. The lowest BCUT2D eigenvalue weighted by Crippen LogP contribution is -2.30. The summed E-state index contributed by atoms with van der Waals surface area (Å²) in [6.07, 6.45) is 4.94. The summed E-state index contributed by atoms with van der Waals surface area (Å²) < 4.78 is 13.4. The molecule has 0 aliphatic heterocycles. The van der Waals surface area contributed by atoms with Gasteiger partial charge in [0.1, 0.15) is 11.6 Å². The Labute approximate surface area is 115 Å². The van der Waals surface area contributed by atoms with Crippen LogP contribution in [-0.2, 0) is 6.54 Å². The number of rotatable bonds is 7. The Bertz CT molecular complexity index is 416. The zero-order valence-corrected chi connectivity index (χ0v) is 12.1. The Morgan fingerprint density at radius 1 is 1.47 bits per heavy atom. The van der Waals surface area contributed by atoms with Gasteiger partial charge in [0.15, 0.2) is 0 Å². The third-order valence-electron chi connectivity index (χ3n) is 3.48. The molecule has 0 bridgehead atoms. The number of pyridine rings is 1. The third-order valence-corrected chi connectivity index (χ3v) is 3.48. The Morgan fingerprint density at radius 2 is 2.21 bits per heavy atom. The third kappa shape index (κ3) is 3.90. The number of anilines is 1. The van der Waals surface area contributed by atoms with Crippen LogP contribution >= 0.6 is 0 Å². The van der Waals surface area contributed by atoms with E-state index in [0.717, 1.165) is 24.3 Å². The van der Waals surface area contributed by atoms with Gasteiger partial charge >= 0.3 is 0 Å². The van der Waals surface area contributed by atoms with Crippen molar-refractivity contribution >= 4 is 5.82 Å². The Morgan fingerprint density at radius 3 is 2.79 bits per heavy atom. The summed E-state index contributed by atoms with van der Waals surface area (Å²) in [5.74, 6) is 1.38. The number of halogens is 1. The molecule has 0 radical (unpaired) electrons. The smallest absolute Gasteiger partial charge is 0.141 e. The molecule has 0 unspecified atom stereocenters. The average molecular weight is 265 g/mol. The predicted octanol–water partition coefficient (Wildman–Crippen LogP) is 2.96. The van der Waals surface area contributed by atoms with Gasteiger partial charge in [-0.05, 0) is 38.3 Å². The van der Waals surface area contributed by atoms with Crippen molar-refractivity contribution in [1.29, 1.82) is 0 Å². The first-order valence-electron chi connectivity index (χ1n) is 7.17. The van der Waals surface area contributed by atoms with Crippen LogP contribution in [0.3, 0.4) is 0 Å². The molecule has 1 saturated carbocycles. The van der Waals surface area contributed by atoms with Crippen molar-refractivity contribution in [2.75, 3.05) is 18.5 Å². The first-order chi connectivity index (χ1) is 9.11. The van der Waals surface area contributed by atoms with Crippen LogP contribution < -0.4 is 10.2 Å². The van der Waals surface area contributed by atoms with E-state index >= 15 is 0 Å². The van der Waals surface area contributed by atoms with E-state index in [-0.39, 0.29) is 5.82 Å². The molecule has 3 nitrogen and oxygen atoms in total. The minimum absolute atomic E-state index is 0.256. The van der Waals surface area contributed by atoms with E-state index in [0.29, 0.717) is 18.5 Å². The van der Waals surface area contributed by atoms with Crippen LogP contribution in [0, 0.1) is 11.7 Å². The maximum absolute atomic E-state index is 13.4. The molecule has 4 heteroatoms. The molecule has 19 heavy (non-hydrogen) atoms. The van der Waals surface area contributed by atoms with E-state index in [2.05, 4.69) is 29.0 Å². The molecule has 0 spiro atoms. The molecule has 1 aromatic heterocycles. The largest absolute Gasteiger partial charge is 0.353 e. The van der Waals surface area contributed by atoms with Crippen molar-refractivity contribution in [3.8, 4) is 0 Å². The van der Waals surface area contributed by atoms with Crippen molar-refractivity contribution in [1.82, 2.24) is 10.3 Å². The number of nitrogens with one attached hydrogen (secondary N) is 1. The highest BCUT2D eigenvalue weighted by Crippen LogP contribution is 2.33. The molecule has 1 aliphatic rings. The van der Waals surface area contributed by atoms with Gasteiger partial charge in [-0.3, -0.25) is 0 Å². The molecule has 106 valence electrons. The standard InChI is InChI=1S/C15H24FN3/c1-11(2)6-7-19(14-4-5-14)15-12(9-17-3)8-13(16)10-18-15/h8,10-11,14,17H,4-7,9H2,1-3H3. The second-order valence-corrected chi connectivity index (χ2v) is 5.77. The Kier molecular flexibility index (Phi) is 4.75. The fourth-order valence-electron chi connectivity index (χ4n) is 2.30. The minimum atomic E-state index is -0.256. The van der Waals surface area contributed by atoms with Crippen molar-refractivity contribution in [2.45, 2.75) is 45.7 Å². The van der Waals surface area contributed by atoms with E-state index < -0.39 is 0 Å². The zero-order valence-electron chi connectivity index (χ0n) is 12.1. The average Bonchev–Trinajstić information content (AvgIpc) is 3.16. The molecule has 0 atom stereocenters. The second-order valence-electron chi connectivity index (χ2n) is 5.77. The van der Waals surface area contributed by atoms with Crippen LogP contribution in [0.15, 0.2) is 12.3 Å². The molecular formula is C15H24FN3. The van der Waals surface area contributed by atoms with Gasteiger partial charge in [-0.1, -0.05) is 13.8 Å². The molecule has 1 heterocycles. The van der Waals surface area contributed by atoms with Crippen LogP contribution in [0.4, 0.5) is 10.2 Å². The Hall–Kier alpha value is -1.16. The van der Waals surface area contributed by atoms with Gasteiger partial charge in [0, 0.05) is 24.7 Å². The maximum Gasteiger partial charge on any atom is 0.141 e. The first kappa shape index (κ1) is 14.3. The maximum atomic E-state index is 13.4. The van der Waals surface area contributed by atoms with Crippen molar-refractivity contribution in [3.05, 3.63) is 23.6 Å². The van der Waals surface area contributed by atoms with Gasteiger partial charge in [0.05, 0.1) is 6.20 Å². The Balaban J connectivity index is 2.19. The molecule has 2 rings (SSSR count).